The van der Waals surface area contributed by atoms with E-state index < -0.39 is 12.0 Å². The number of hydrogen-bond acceptors (Lipinski definition) is 4. The molecule has 0 bridgehead atoms. The molecule has 112 valence electrons. The summed E-state index contributed by atoms with van der Waals surface area (Å²) >= 11 is 1.57. The number of nitrogens with one attached hydrogen (secondary N) is 1. The lowest BCUT2D eigenvalue weighted by atomic mass is 9.94. The predicted molar refractivity (Wildman–Crippen MR) is 79.2 cm³/mol. The quantitative estimate of drug-likeness (QED) is 0.564. The van der Waals surface area contributed by atoms with Gasteiger partial charge in [0.1, 0.15) is 6.04 Å². The summed E-state index contributed by atoms with van der Waals surface area (Å²) in [5.41, 5.74) is 5.64. The van der Waals surface area contributed by atoms with E-state index in [1.807, 2.05) is 6.26 Å². The molecule has 6 heteroatoms. The maximum absolute atomic E-state index is 11.8. The molecule has 0 unspecified atom stereocenters. The van der Waals surface area contributed by atoms with Gasteiger partial charge in [0, 0.05) is 6.42 Å². The fraction of sp³-hybridized carbons (Fsp3) is 0.846. The number of carboxylic acid groups (broad SMARTS) is 1. The van der Waals surface area contributed by atoms with Crippen molar-refractivity contribution in [2.24, 2.45) is 17.6 Å². The van der Waals surface area contributed by atoms with Crippen LogP contribution in [0.15, 0.2) is 0 Å². The molecule has 4 N–H and O–H groups in total. The minimum Gasteiger partial charge on any atom is -0.480 e. The van der Waals surface area contributed by atoms with Gasteiger partial charge in [-0.15, -0.1) is 0 Å². The van der Waals surface area contributed by atoms with Crippen molar-refractivity contribution in [1.82, 2.24) is 5.32 Å². The molecule has 0 spiro atoms. The van der Waals surface area contributed by atoms with Gasteiger partial charge in [0.2, 0.25) is 5.91 Å². The standard InChI is InChI=1S/C13H26N2O3S/c1-9(2)6-10(8-14)7-12(16)15-11(13(17)18)4-5-19-3/h9-11H,4-8,14H2,1-3H3,(H,15,16)(H,17,18)/t10-,11-/m0/s1. The third-order valence-electron chi connectivity index (χ3n) is 2.86. The third-order valence-corrected chi connectivity index (χ3v) is 3.50. The van der Waals surface area contributed by atoms with Crippen LogP contribution in [0.2, 0.25) is 0 Å². The van der Waals surface area contributed by atoms with Gasteiger partial charge in [-0.3, -0.25) is 4.79 Å². The molecule has 2 atom stereocenters. The highest BCUT2D eigenvalue weighted by Crippen LogP contribution is 2.14. The molecular weight excluding hydrogens is 264 g/mol. The molecule has 19 heavy (non-hydrogen) atoms. The number of carbonyl (C=O) groups excluding carboxylic acids is 1. The Morgan fingerprint density at radius 3 is 2.42 bits per heavy atom. The average Bonchev–Trinajstić information content (AvgIpc) is 2.32. The highest BCUT2D eigenvalue weighted by Gasteiger charge is 2.21. The first kappa shape index (κ1) is 18.2. The minimum absolute atomic E-state index is 0.120. The van der Waals surface area contributed by atoms with Gasteiger partial charge in [-0.1, -0.05) is 13.8 Å². The predicted octanol–water partition coefficient (Wildman–Crippen LogP) is 1.32. The van der Waals surface area contributed by atoms with E-state index in [-0.39, 0.29) is 11.8 Å². The lowest BCUT2D eigenvalue weighted by Gasteiger charge is -2.19. The second-order valence-electron chi connectivity index (χ2n) is 5.18. The third kappa shape index (κ3) is 8.88. The number of thioether (sulfide) groups is 1. The molecule has 0 heterocycles. The van der Waals surface area contributed by atoms with Crippen LogP contribution in [0.5, 0.6) is 0 Å². The molecule has 5 nitrogen and oxygen atoms in total. The van der Waals surface area contributed by atoms with Gasteiger partial charge in [-0.05, 0) is 43.2 Å². The monoisotopic (exact) mass is 290 g/mol. The molecule has 0 aromatic carbocycles. The van der Waals surface area contributed by atoms with Gasteiger partial charge in [0.15, 0.2) is 0 Å². The van der Waals surface area contributed by atoms with Crippen LogP contribution in [0.4, 0.5) is 0 Å². The Labute approximate surface area is 119 Å². The van der Waals surface area contributed by atoms with Crippen LogP contribution < -0.4 is 11.1 Å². The molecule has 0 saturated carbocycles. The highest BCUT2D eigenvalue weighted by atomic mass is 32.2. The summed E-state index contributed by atoms with van der Waals surface area (Å²) in [6, 6.07) is -0.794. The second-order valence-corrected chi connectivity index (χ2v) is 6.16. The smallest absolute Gasteiger partial charge is 0.326 e. The van der Waals surface area contributed by atoms with Gasteiger partial charge < -0.3 is 16.2 Å². The van der Waals surface area contributed by atoms with Crippen molar-refractivity contribution in [3.8, 4) is 0 Å². The Bertz CT molecular complexity index is 285. The van der Waals surface area contributed by atoms with Crippen molar-refractivity contribution >= 4 is 23.6 Å². The van der Waals surface area contributed by atoms with E-state index >= 15 is 0 Å². The van der Waals surface area contributed by atoms with Crippen molar-refractivity contribution in [2.75, 3.05) is 18.6 Å². The second kappa shape index (κ2) is 10.1. The zero-order valence-corrected chi connectivity index (χ0v) is 12.8. The van der Waals surface area contributed by atoms with Crippen LogP contribution in [0.1, 0.15) is 33.1 Å². The van der Waals surface area contributed by atoms with Crippen LogP contribution in [0.3, 0.4) is 0 Å². The topological polar surface area (TPSA) is 92.4 Å². The van der Waals surface area contributed by atoms with Crippen LogP contribution in [-0.2, 0) is 9.59 Å². The summed E-state index contributed by atoms with van der Waals surface area (Å²) in [5, 5.41) is 11.6. The van der Waals surface area contributed by atoms with Gasteiger partial charge >= 0.3 is 5.97 Å². The largest absolute Gasteiger partial charge is 0.480 e. The summed E-state index contributed by atoms with van der Waals surface area (Å²) in [5.74, 6) is 0.118. The minimum atomic E-state index is -0.976. The first-order valence-electron chi connectivity index (χ1n) is 6.61. The van der Waals surface area contributed by atoms with E-state index in [1.165, 1.54) is 0 Å². The fourth-order valence-corrected chi connectivity index (χ4v) is 2.41. The Morgan fingerprint density at radius 1 is 1.37 bits per heavy atom. The lowest BCUT2D eigenvalue weighted by Crippen LogP contribution is -2.42. The SMILES string of the molecule is CSCC[C@H](NC(=O)C[C@@H](CN)CC(C)C)C(=O)O. The number of carbonyl (C=O) groups is 2. The first-order valence-corrected chi connectivity index (χ1v) is 8.01. The summed E-state index contributed by atoms with van der Waals surface area (Å²) < 4.78 is 0. The summed E-state index contributed by atoms with van der Waals surface area (Å²) in [4.78, 5) is 22.9. The van der Waals surface area contributed by atoms with Crippen molar-refractivity contribution < 1.29 is 14.7 Å². The summed E-state index contributed by atoms with van der Waals surface area (Å²) in [6.07, 6.45) is 3.54. The Balaban J connectivity index is 4.27. The molecule has 0 fully saturated rings. The zero-order chi connectivity index (χ0) is 14.8. The summed E-state index contributed by atoms with van der Waals surface area (Å²) in [6.45, 7) is 4.62. The van der Waals surface area contributed by atoms with E-state index in [0.717, 1.165) is 6.42 Å². The molecule has 0 aliphatic heterocycles. The van der Waals surface area contributed by atoms with E-state index in [2.05, 4.69) is 19.2 Å². The van der Waals surface area contributed by atoms with E-state index in [1.54, 1.807) is 11.8 Å². The number of nitrogens with two attached hydrogens (primary N) is 1. The molecule has 0 aromatic heterocycles. The van der Waals surface area contributed by atoms with Crippen LogP contribution in [0.25, 0.3) is 0 Å². The molecular formula is C13H26N2O3S. The fourth-order valence-electron chi connectivity index (χ4n) is 1.94. The van der Waals surface area contributed by atoms with Crippen LogP contribution in [-0.4, -0.2) is 41.6 Å². The van der Waals surface area contributed by atoms with E-state index in [4.69, 9.17) is 10.8 Å². The molecule has 0 rings (SSSR count). The van der Waals surface area contributed by atoms with Crippen LogP contribution >= 0.6 is 11.8 Å². The first-order chi connectivity index (χ1) is 8.90. The maximum atomic E-state index is 11.8. The van der Waals surface area contributed by atoms with Crippen molar-refractivity contribution in [1.29, 1.82) is 0 Å². The molecule has 0 aliphatic rings. The molecule has 0 aliphatic carbocycles. The van der Waals surface area contributed by atoms with E-state index in [0.29, 0.717) is 31.1 Å². The normalized spacial score (nSPS) is 14.2. The van der Waals surface area contributed by atoms with Gasteiger partial charge in [-0.2, -0.15) is 11.8 Å². The van der Waals surface area contributed by atoms with Gasteiger partial charge in [-0.25, -0.2) is 4.79 Å². The lowest BCUT2D eigenvalue weighted by molar-refractivity contribution is -0.142. The molecule has 1 amide bonds. The van der Waals surface area contributed by atoms with Crippen LogP contribution in [0, 0.1) is 11.8 Å². The maximum Gasteiger partial charge on any atom is 0.326 e. The summed E-state index contributed by atoms with van der Waals surface area (Å²) in [7, 11) is 0. The number of amides is 1. The number of aliphatic carboxylic acids is 1. The van der Waals surface area contributed by atoms with E-state index in [9.17, 15) is 9.59 Å². The molecule has 0 saturated heterocycles. The van der Waals surface area contributed by atoms with Crippen molar-refractivity contribution in [2.45, 2.75) is 39.2 Å². The van der Waals surface area contributed by atoms with Crippen molar-refractivity contribution in [3.05, 3.63) is 0 Å². The molecule has 0 radical (unpaired) electrons. The highest BCUT2D eigenvalue weighted by molar-refractivity contribution is 7.98. The zero-order valence-electron chi connectivity index (χ0n) is 12.0. The number of carboxylic acids is 1. The van der Waals surface area contributed by atoms with Gasteiger partial charge in [0.25, 0.3) is 0 Å². The Morgan fingerprint density at radius 2 is 2.00 bits per heavy atom. The van der Waals surface area contributed by atoms with Gasteiger partial charge in [0.05, 0.1) is 0 Å². The molecule has 0 aromatic rings. The number of hydrogen-bond donors (Lipinski definition) is 3. The Hall–Kier alpha value is -0.750. The average molecular weight is 290 g/mol. The number of rotatable bonds is 10. The Kier molecular flexibility index (Phi) is 9.69. The van der Waals surface area contributed by atoms with Crippen molar-refractivity contribution in [3.63, 3.8) is 0 Å².